The highest BCUT2D eigenvalue weighted by Gasteiger charge is 2.32. The van der Waals surface area contributed by atoms with Crippen molar-refractivity contribution in [2.75, 3.05) is 26.2 Å². The summed E-state index contributed by atoms with van der Waals surface area (Å²) in [6.45, 7) is 6.05. The van der Waals surface area contributed by atoms with Crippen molar-refractivity contribution in [3.8, 4) is 0 Å². The first-order chi connectivity index (χ1) is 9.75. The van der Waals surface area contributed by atoms with Gasteiger partial charge in [0.05, 0.1) is 6.04 Å². The molecule has 1 aromatic carbocycles. The van der Waals surface area contributed by atoms with Crippen LogP contribution in [-0.2, 0) is 4.79 Å². The highest BCUT2D eigenvalue weighted by atomic mass is 16.2. The third-order valence-electron chi connectivity index (χ3n) is 4.81. The van der Waals surface area contributed by atoms with Crippen LogP contribution in [0, 0.1) is 0 Å². The standard InChI is InChI=1S/C17H24N2O/c1-14(17(20)18-10-5-6-11-18)19-12-9-16(13-19)15-7-3-2-4-8-15/h2-4,7-8,14,16H,5-6,9-13H2,1H3. The number of hydrogen-bond acceptors (Lipinski definition) is 2. The molecule has 2 unspecified atom stereocenters. The Hall–Kier alpha value is -1.35. The van der Waals surface area contributed by atoms with Crippen molar-refractivity contribution in [3.05, 3.63) is 35.9 Å². The predicted molar refractivity (Wildman–Crippen MR) is 80.6 cm³/mol. The quantitative estimate of drug-likeness (QED) is 0.844. The maximum atomic E-state index is 12.5. The SMILES string of the molecule is CC(C(=O)N1CCCC1)N1CCC(c2ccccc2)C1. The van der Waals surface area contributed by atoms with Gasteiger partial charge in [0, 0.05) is 19.6 Å². The largest absolute Gasteiger partial charge is 0.341 e. The molecule has 108 valence electrons. The Bertz CT molecular complexity index is 453. The number of hydrogen-bond donors (Lipinski definition) is 0. The summed E-state index contributed by atoms with van der Waals surface area (Å²) in [5, 5.41) is 0. The van der Waals surface area contributed by atoms with Crippen molar-refractivity contribution < 1.29 is 4.79 Å². The van der Waals surface area contributed by atoms with E-state index < -0.39 is 0 Å². The number of amides is 1. The van der Waals surface area contributed by atoms with Gasteiger partial charge >= 0.3 is 0 Å². The Labute approximate surface area is 121 Å². The van der Waals surface area contributed by atoms with Gasteiger partial charge in [-0.05, 0) is 44.2 Å². The summed E-state index contributed by atoms with van der Waals surface area (Å²) in [6, 6.07) is 10.7. The van der Waals surface area contributed by atoms with E-state index in [2.05, 4.69) is 42.2 Å². The van der Waals surface area contributed by atoms with Gasteiger partial charge in [0.1, 0.15) is 0 Å². The molecule has 1 aromatic rings. The van der Waals surface area contributed by atoms with Crippen LogP contribution in [0.5, 0.6) is 0 Å². The van der Waals surface area contributed by atoms with Gasteiger partial charge in [-0.3, -0.25) is 9.69 Å². The molecule has 0 aromatic heterocycles. The number of benzene rings is 1. The molecule has 2 fully saturated rings. The first kappa shape index (κ1) is 13.6. The molecular formula is C17H24N2O. The predicted octanol–water partition coefficient (Wildman–Crippen LogP) is 2.49. The van der Waals surface area contributed by atoms with Gasteiger partial charge in [0.2, 0.25) is 5.91 Å². The summed E-state index contributed by atoms with van der Waals surface area (Å²) in [5.41, 5.74) is 1.41. The van der Waals surface area contributed by atoms with Crippen molar-refractivity contribution in [2.45, 2.75) is 38.1 Å². The summed E-state index contributed by atoms with van der Waals surface area (Å²) in [5.74, 6) is 0.918. The Morgan fingerprint density at radius 3 is 2.55 bits per heavy atom. The minimum Gasteiger partial charge on any atom is -0.341 e. The molecular weight excluding hydrogens is 248 g/mol. The molecule has 0 radical (unpaired) electrons. The minimum atomic E-state index is 0.0433. The smallest absolute Gasteiger partial charge is 0.239 e. The van der Waals surface area contributed by atoms with Crippen molar-refractivity contribution in [3.63, 3.8) is 0 Å². The number of carbonyl (C=O) groups excluding carboxylic acids is 1. The number of likely N-dealkylation sites (tertiary alicyclic amines) is 2. The normalized spacial score (nSPS) is 25.1. The maximum absolute atomic E-state index is 12.5. The molecule has 2 saturated heterocycles. The van der Waals surface area contributed by atoms with Gasteiger partial charge in [-0.1, -0.05) is 30.3 Å². The summed E-state index contributed by atoms with van der Waals surface area (Å²) >= 11 is 0. The van der Waals surface area contributed by atoms with E-state index in [4.69, 9.17) is 0 Å². The van der Waals surface area contributed by atoms with Gasteiger partial charge < -0.3 is 4.90 Å². The Balaban J connectivity index is 1.60. The average Bonchev–Trinajstić information content (AvgIpc) is 3.18. The number of rotatable bonds is 3. The van der Waals surface area contributed by atoms with Crippen LogP contribution in [0.25, 0.3) is 0 Å². The molecule has 2 aliphatic heterocycles. The number of carbonyl (C=O) groups is 1. The monoisotopic (exact) mass is 272 g/mol. The molecule has 3 rings (SSSR count). The molecule has 3 heteroatoms. The molecule has 2 heterocycles. The second kappa shape index (κ2) is 5.96. The lowest BCUT2D eigenvalue weighted by atomic mass is 9.99. The fourth-order valence-corrected chi connectivity index (χ4v) is 3.49. The van der Waals surface area contributed by atoms with Crippen molar-refractivity contribution in [1.82, 2.24) is 9.80 Å². The van der Waals surface area contributed by atoms with E-state index in [1.807, 2.05) is 4.90 Å². The van der Waals surface area contributed by atoms with Crippen LogP contribution in [0.1, 0.15) is 37.7 Å². The molecule has 0 aliphatic carbocycles. The van der Waals surface area contributed by atoms with E-state index in [9.17, 15) is 4.79 Å². The van der Waals surface area contributed by atoms with Crippen molar-refractivity contribution >= 4 is 5.91 Å². The van der Waals surface area contributed by atoms with E-state index in [-0.39, 0.29) is 6.04 Å². The van der Waals surface area contributed by atoms with Crippen LogP contribution in [-0.4, -0.2) is 47.9 Å². The highest BCUT2D eigenvalue weighted by molar-refractivity contribution is 5.81. The topological polar surface area (TPSA) is 23.6 Å². The molecule has 2 atom stereocenters. The molecule has 0 bridgehead atoms. The fraction of sp³-hybridized carbons (Fsp3) is 0.588. The Morgan fingerprint density at radius 1 is 1.15 bits per heavy atom. The van der Waals surface area contributed by atoms with Crippen LogP contribution in [0.4, 0.5) is 0 Å². The fourth-order valence-electron chi connectivity index (χ4n) is 3.49. The van der Waals surface area contributed by atoms with E-state index in [1.165, 1.54) is 24.8 Å². The van der Waals surface area contributed by atoms with Gasteiger partial charge in [-0.2, -0.15) is 0 Å². The van der Waals surface area contributed by atoms with Gasteiger partial charge in [0.25, 0.3) is 0 Å². The molecule has 0 saturated carbocycles. The second-order valence-corrected chi connectivity index (χ2v) is 6.10. The molecule has 0 spiro atoms. The van der Waals surface area contributed by atoms with Gasteiger partial charge in [-0.25, -0.2) is 0 Å². The van der Waals surface area contributed by atoms with Crippen molar-refractivity contribution in [1.29, 1.82) is 0 Å². The van der Waals surface area contributed by atoms with Crippen LogP contribution in [0.2, 0.25) is 0 Å². The first-order valence-electron chi connectivity index (χ1n) is 7.83. The lowest BCUT2D eigenvalue weighted by Crippen LogP contribution is -2.45. The zero-order chi connectivity index (χ0) is 13.9. The van der Waals surface area contributed by atoms with Crippen molar-refractivity contribution in [2.24, 2.45) is 0 Å². The van der Waals surface area contributed by atoms with Gasteiger partial charge in [0.15, 0.2) is 0 Å². The van der Waals surface area contributed by atoms with E-state index in [0.717, 1.165) is 26.2 Å². The van der Waals surface area contributed by atoms with E-state index in [1.54, 1.807) is 0 Å². The van der Waals surface area contributed by atoms with Crippen LogP contribution in [0.15, 0.2) is 30.3 Å². The van der Waals surface area contributed by atoms with Crippen LogP contribution >= 0.6 is 0 Å². The molecule has 2 aliphatic rings. The zero-order valence-corrected chi connectivity index (χ0v) is 12.3. The minimum absolute atomic E-state index is 0.0433. The lowest BCUT2D eigenvalue weighted by Gasteiger charge is -2.27. The Morgan fingerprint density at radius 2 is 1.85 bits per heavy atom. The highest BCUT2D eigenvalue weighted by Crippen LogP contribution is 2.28. The number of nitrogens with zero attached hydrogens (tertiary/aromatic N) is 2. The lowest BCUT2D eigenvalue weighted by molar-refractivity contribution is -0.134. The summed E-state index contributed by atoms with van der Waals surface area (Å²) < 4.78 is 0. The average molecular weight is 272 g/mol. The van der Waals surface area contributed by atoms with Crippen LogP contribution < -0.4 is 0 Å². The summed E-state index contributed by atoms with van der Waals surface area (Å²) in [4.78, 5) is 16.9. The third kappa shape index (κ3) is 2.73. The zero-order valence-electron chi connectivity index (χ0n) is 12.3. The molecule has 1 amide bonds. The van der Waals surface area contributed by atoms with Gasteiger partial charge in [-0.15, -0.1) is 0 Å². The van der Waals surface area contributed by atoms with E-state index >= 15 is 0 Å². The first-order valence-corrected chi connectivity index (χ1v) is 7.83. The summed E-state index contributed by atoms with van der Waals surface area (Å²) in [7, 11) is 0. The van der Waals surface area contributed by atoms with E-state index in [0.29, 0.717) is 11.8 Å². The third-order valence-corrected chi connectivity index (χ3v) is 4.81. The summed E-state index contributed by atoms with van der Waals surface area (Å²) in [6.07, 6.45) is 3.51. The molecule has 20 heavy (non-hydrogen) atoms. The maximum Gasteiger partial charge on any atom is 0.239 e. The van der Waals surface area contributed by atoms with Crippen LogP contribution in [0.3, 0.4) is 0 Å². The Kier molecular flexibility index (Phi) is 4.06. The molecule has 0 N–H and O–H groups in total. The second-order valence-electron chi connectivity index (χ2n) is 6.10. The molecule has 3 nitrogen and oxygen atoms in total.